The minimum atomic E-state index is 0.779. The van der Waals surface area contributed by atoms with E-state index in [0.29, 0.717) is 0 Å². The van der Waals surface area contributed by atoms with Gasteiger partial charge in [-0.1, -0.05) is 6.92 Å². The van der Waals surface area contributed by atoms with Crippen LogP contribution < -0.4 is 4.74 Å². The summed E-state index contributed by atoms with van der Waals surface area (Å²) in [5.41, 5.74) is 2.46. The first-order valence-corrected chi connectivity index (χ1v) is 7.16. The molecule has 1 aliphatic heterocycles. The molecule has 100 valence electrons. The average molecular weight is 256 g/mol. The fourth-order valence-corrected chi connectivity index (χ4v) is 2.59. The smallest absolute Gasteiger partial charge is 0.119 e. The van der Waals surface area contributed by atoms with E-state index in [1.807, 2.05) is 18.3 Å². The summed E-state index contributed by atoms with van der Waals surface area (Å²) in [7, 11) is 0. The highest BCUT2D eigenvalue weighted by Gasteiger charge is 2.14. The van der Waals surface area contributed by atoms with Gasteiger partial charge in [0.15, 0.2) is 0 Å². The highest BCUT2D eigenvalue weighted by Crippen LogP contribution is 2.26. The molecule has 0 bridgehead atoms. The van der Waals surface area contributed by atoms with E-state index in [9.17, 15) is 0 Å². The largest absolute Gasteiger partial charge is 0.494 e. The molecule has 1 aromatic carbocycles. The molecule has 0 spiro atoms. The van der Waals surface area contributed by atoms with Gasteiger partial charge in [-0.05, 0) is 43.5 Å². The molecule has 2 aromatic rings. The number of benzene rings is 1. The molecule has 0 amide bonds. The van der Waals surface area contributed by atoms with Gasteiger partial charge in [0.1, 0.15) is 11.6 Å². The molecule has 3 nitrogen and oxygen atoms in total. The van der Waals surface area contributed by atoms with Crippen LogP contribution in [0.5, 0.6) is 5.75 Å². The first kappa shape index (κ1) is 12.3. The molecule has 0 fully saturated rings. The van der Waals surface area contributed by atoms with Crippen molar-refractivity contribution in [3.05, 3.63) is 36.3 Å². The van der Waals surface area contributed by atoms with E-state index in [-0.39, 0.29) is 0 Å². The van der Waals surface area contributed by atoms with Crippen LogP contribution in [-0.2, 0) is 13.0 Å². The van der Waals surface area contributed by atoms with Crippen LogP contribution in [0, 0.1) is 0 Å². The minimum absolute atomic E-state index is 0.779. The molecular weight excluding hydrogens is 236 g/mol. The second-order valence-corrected chi connectivity index (χ2v) is 5.04. The van der Waals surface area contributed by atoms with E-state index in [2.05, 4.69) is 28.6 Å². The fraction of sp³-hybridized carbons (Fsp3) is 0.438. The molecule has 0 aliphatic carbocycles. The molecule has 0 saturated heterocycles. The van der Waals surface area contributed by atoms with Crippen molar-refractivity contribution in [2.24, 2.45) is 0 Å². The molecule has 0 N–H and O–H groups in total. The Kier molecular flexibility index (Phi) is 3.53. The summed E-state index contributed by atoms with van der Waals surface area (Å²) >= 11 is 0. The van der Waals surface area contributed by atoms with E-state index >= 15 is 0 Å². The molecule has 3 heteroatoms. The number of aromatic nitrogens is 2. The zero-order valence-electron chi connectivity index (χ0n) is 11.4. The van der Waals surface area contributed by atoms with Gasteiger partial charge in [0.2, 0.25) is 0 Å². The van der Waals surface area contributed by atoms with Crippen molar-refractivity contribution in [1.82, 2.24) is 9.55 Å². The van der Waals surface area contributed by atoms with Crippen LogP contribution in [0.4, 0.5) is 0 Å². The maximum atomic E-state index is 5.62. The minimum Gasteiger partial charge on any atom is -0.494 e. The summed E-state index contributed by atoms with van der Waals surface area (Å²) < 4.78 is 7.97. The van der Waals surface area contributed by atoms with E-state index in [4.69, 9.17) is 4.74 Å². The number of imidazole rings is 1. The monoisotopic (exact) mass is 256 g/mol. The van der Waals surface area contributed by atoms with Crippen LogP contribution in [-0.4, -0.2) is 16.2 Å². The van der Waals surface area contributed by atoms with Crippen LogP contribution >= 0.6 is 0 Å². The lowest BCUT2D eigenvalue weighted by molar-refractivity contribution is 0.317. The quantitative estimate of drug-likeness (QED) is 0.834. The summed E-state index contributed by atoms with van der Waals surface area (Å²) in [6.07, 6.45) is 6.67. The van der Waals surface area contributed by atoms with Gasteiger partial charge in [-0.3, -0.25) is 0 Å². The third-order valence-electron chi connectivity index (χ3n) is 3.59. The number of nitrogens with zero attached hydrogens (tertiary/aromatic N) is 2. The molecule has 2 heterocycles. The number of hydrogen-bond donors (Lipinski definition) is 0. The lowest BCUT2D eigenvalue weighted by Crippen LogP contribution is -2.11. The van der Waals surface area contributed by atoms with Gasteiger partial charge >= 0.3 is 0 Å². The van der Waals surface area contributed by atoms with Crippen molar-refractivity contribution >= 4 is 0 Å². The van der Waals surface area contributed by atoms with Crippen LogP contribution in [0.1, 0.15) is 32.0 Å². The number of ether oxygens (including phenoxy) is 1. The van der Waals surface area contributed by atoms with E-state index in [1.54, 1.807) is 0 Å². The molecule has 3 rings (SSSR count). The second kappa shape index (κ2) is 5.47. The zero-order valence-corrected chi connectivity index (χ0v) is 11.4. The molecule has 0 unspecified atom stereocenters. The fourth-order valence-electron chi connectivity index (χ4n) is 2.59. The predicted molar refractivity (Wildman–Crippen MR) is 76.4 cm³/mol. The van der Waals surface area contributed by atoms with Gasteiger partial charge in [0.25, 0.3) is 0 Å². The molecule has 0 atom stereocenters. The second-order valence-electron chi connectivity index (χ2n) is 5.04. The number of aryl methyl sites for hydroxylation is 1. The summed E-state index contributed by atoms with van der Waals surface area (Å²) in [5.74, 6) is 2.18. The van der Waals surface area contributed by atoms with Gasteiger partial charge in [-0.2, -0.15) is 0 Å². The maximum Gasteiger partial charge on any atom is 0.119 e. The Bertz CT molecular complexity index is 542. The topological polar surface area (TPSA) is 27.1 Å². The average Bonchev–Trinajstić information content (AvgIpc) is 2.90. The van der Waals surface area contributed by atoms with Gasteiger partial charge < -0.3 is 9.30 Å². The van der Waals surface area contributed by atoms with Crippen molar-refractivity contribution < 1.29 is 4.74 Å². The van der Waals surface area contributed by atoms with Gasteiger partial charge in [0, 0.05) is 18.5 Å². The van der Waals surface area contributed by atoms with Crippen LogP contribution in [0.3, 0.4) is 0 Å². The Morgan fingerprint density at radius 1 is 1.21 bits per heavy atom. The Labute approximate surface area is 114 Å². The first-order chi connectivity index (χ1) is 9.38. The molecular formula is C16H20N2O. The Balaban J connectivity index is 1.84. The lowest BCUT2D eigenvalue weighted by Gasteiger charge is -2.16. The van der Waals surface area contributed by atoms with E-state index < -0.39 is 0 Å². The van der Waals surface area contributed by atoms with E-state index in [1.165, 1.54) is 29.9 Å². The Morgan fingerprint density at radius 2 is 2.05 bits per heavy atom. The van der Waals surface area contributed by atoms with E-state index in [0.717, 1.165) is 31.7 Å². The number of fused-ring (bicyclic) bond motifs is 1. The third-order valence-corrected chi connectivity index (χ3v) is 3.59. The van der Waals surface area contributed by atoms with Gasteiger partial charge in [-0.25, -0.2) is 4.98 Å². The first-order valence-electron chi connectivity index (χ1n) is 7.16. The summed E-state index contributed by atoms with van der Waals surface area (Å²) in [6.45, 7) is 3.99. The highest BCUT2D eigenvalue weighted by atomic mass is 16.5. The van der Waals surface area contributed by atoms with Gasteiger partial charge in [-0.15, -0.1) is 0 Å². The summed E-state index contributed by atoms with van der Waals surface area (Å²) in [6, 6.07) is 8.36. The van der Waals surface area contributed by atoms with Crippen LogP contribution in [0.15, 0.2) is 30.5 Å². The van der Waals surface area contributed by atoms with Crippen molar-refractivity contribution in [2.45, 2.75) is 39.2 Å². The molecule has 1 aliphatic rings. The van der Waals surface area contributed by atoms with Crippen LogP contribution in [0.2, 0.25) is 0 Å². The van der Waals surface area contributed by atoms with Crippen molar-refractivity contribution in [1.29, 1.82) is 0 Å². The predicted octanol–water partition coefficient (Wildman–Crippen LogP) is 3.68. The number of rotatable bonds is 4. The molecule has 19 heavy (non-hydrogen) atoms. The van der Waals surface area contributed by atoms with Crippen LogP contribution in [0.25, 0.3) is 11.3 Å². The SMILES string of the molecule is CCCOc1ccc(-c2cnc3n2CCCC3)cc1. The van der Waals surface area contributed by atoms with Gasteiger partial charge in [0.05, 0.1) is 18.5 Å². The Morgan fingerprint density at radius 3 is 2.84 bits per heavy atom. The number of hydrogen-bond acceptors (Lipinski definition) is 2. The normalized spacial score (nSPS) is 14.2. The van der Waals surface area contributed by atoms with Crippen molar-refractivity contribution in [3.8, 4) is 17.0 Å². The van der Waals surface area contributed by atoms with Crippen molar-refractivity contribution in [2.75, 3.05) is 6.61 Å². The molecule has 1 aromatic heterocycles. The zero-order chi connectivity index (χ0) is 13.1. The summed E-state index contributed by atoms with van der Waals surface area (Å²) in [5, 5.41) is 0. The van der Waals surface area contributed by atoms with Crippen molar-refractivity contribution in [3.63, 3.8) is 0 Å². The standard InChI is InChI=1S/C16H20N2O/c1-2-11-19-14-8-6-13(7-9-14)15-12-17-16-5-3-4-10-18(15)16/h6-9,12H,2-5,10-11H2,1H3. The third kappa shape index (κ3) is 2.50. The lowest BCUT2D eigenvalue weighted by atomic mass is 10.1. The maximum absolute atomic E-state index is 5.62. The molecule has 0 radical (unpaired) electrons. The Hall–Kier alpha value is -1.77. The molecule has 0 saturated carbocycles. The summed E-state index contributed by atoms with van der Waals surface area (Å²) in [4.78, 5) is 4.54. The highest BCUT2D eigenvalue weighted by molar-refractivity contribution is 5.60.